The molecule has 26 heavy (non-hydrogen) atoms. The van der Waals surface area contributed by atoms with Gasteiger partial charge in [0.2, 0.25) is 0 Å². The summed E-state index contributed by atoms with van der Waals surface area (Å²) >= 11 is 0. The Hall–Kier alpha value is -1.08. The van der Waals surface area contributed by atoms with Crippen molar-refractivity contribution in [1.29, 1.82) is 0 Å². The molecule has 1 rings (SSSR count). The summed E-state index contributed by atoms with van der Waals surface area (Å²) in [4.78, 5) is 24.3. The van der Waals surface area contributed by atoms with E-state index in [4.69, 9.17) is 0 Å². The van der Waals surface area contributed by atoms with Gasteiger partial charge in [-0.1, -0.05) is 32.9 Å². The average molecular weight is 370 g/mol. The predicted molar refractivity (Wildman–Crippen MR) is 98.3 cm³/mol. The van der Waals surface area contributed by atoms with Crippen LogP contribution in [0.2, 0.25) is 0 Å². The highest BCUT2D eigenvalue weighted by Gasteiger charge is 2.59. The number of ketones is 2. The molecule has 0 amide bonds. The Labute approximate surface area is 155 Å². The molecule has 1 aliphatic rings. The molecule has 0 bridgehead atoms. The molecule has 0 radical (unpaired) electrons. The van der Waals surface area contributed by atoms with Gasteiger partial charge in [-0.25, -0.2) is 0 Å². The lowest BCUT2D eigenvalue weighted by Gasteiger charge is -2.30. The van der Waals surface area contributed by atoms with Gasteiger partial charge in [-0.2, -0.15) is 0 Å². The lowest BCUT2D eigenvalue weighted by molar-refractivity contribution is -0.141. The number of aliphatic hydroxyl groups excluding tert-OH is 4. The molecule has 150 valence electrons. The standard InChI is InChI=1S/C20H34O6/c1-5-7-12(3)16-9-20(16,4)19(26)15(11-22)18(25)14(10-21)17(24)8-13(23)6-2/h5,7,12,14-17,19,21-22,24,26H,6,8-11H2,1-4H3/b7-5-/t12-,14-,15-,16+,17-,19-,20+/m0/s1. The summed E-state index contributed by atoms with van der Waals surface area (Å²) in [6.07, 6.45) is 2.37. The second-order valence-electron chi connectivity index (χ2n) is 7.79. The summed E-state index contributed by atoms with van der Waals surface area (Å²) in [7, 11) is 0. The first kappa shape index (κ1) is 23.0. The van der Waals surface area contributed by atoms with Gasteiger partial charge < -0.3 is 20.4 Å². The Morgan fingerprint density at radius 3 is 2.23 bits per heavy atom. The molecule has 1 aliphatic carbocycles. The second-order valence-corrected chi connectivity index (χ2v) is 7.79. The largest absolute Gasteiger partial charge is 0.396 e. The second kappa shape index (κ2) is 9.74. The van der Waals surface area contributed by atoms with E-state index < -0.39 is 48.5 Å². The summed E-state index contributed by atoms with van der Waals surface area (Å²) < 4.78 is 0. The average Bonchev–Trinajstić information content (AvgIpc) is 3.29. The van der Waals surface area contributed by atoms with E-state index in [2.05, 4.69) is 13.0 Å². The Balaban J connectivity index is 2.88. The van der Waals surface area contributed by atoms with E-state index in [1.807, 2.05) is 19.9 Å². The molecule has 6 heteroatoms. The zero-order valence-corrected chi connectivity index (χ0v) is 16.3. The van der Waals surface area contributed by atoms with Crippen molar-refractivity contribution in [3.8, 4) is 0 Å². The highest BCUT2D eigenvalue weighted by Crippen LogP contribution is 2.60. The molecule has 0 spiro atoms. The third kappa shape index (κ3) is 5.00. The maximum absolute atomic E-state index is 12.8. The van der Waals surface area contributed by atoms with Crippen LogP contribution in [0.25, 0.3) is 0 Å². The van der Waals surface area contributed by atoms with Crippen molar-refractivity contribution in [3.05, 3.63) is 12.2 Å². The number of carbonyl (C=O) groups is 2. The highest BCUT2D eigenvalue weighted by molar-refractivity contribution is 5.86. The Morgan fingerprint density at radius 2 is 1.77 bits per heavy atom. The van der Waals surface area contributed by atoms with Crippen LogP contribution >= 0.6 is 0 Å². The van der Waals surface area contributed by atoms with E-state index in [1.54, 1.807) is 6.92 Å². The van der Waals surface area contributed by atoms with Gasteiger partial charge in [0.15, 0.2) is 0 Å². The number of allylic oxidation sites excluding steroid dienone is 2. The first-order valence-electron chi connectivity index (χ1n) is 9.43. The van der Waals surface area contributed by atoms with Crippen molar-refractivity contribution >= 4 is 11.6 Å². The van der Waals surface area contributed by atoms with E-state index in [9.17, 15) is 30.0 Å². The van der Waals surface area contributed by atoms with Gasteiger partial charge in [-0.3, -0.25) is 9.59 Å². The molecule has 0 aromatic rings. The minimum absolute atomic E-state index is 0.203. The molecule has 1 saturated carbocycles. The van der Waals surface area contributed by atoms with Crippen molar-refractivity contribution in [1.82, 2.24) is 0 Å². The molecule has 1 fully saturated rings. The highest BCUT2D eigenvalue weighted by atomic mass is 16.3. The molecule has 7 atom stereocenters. The Kier molecular flexibility index (Phi) is 8.60. The van der Waals surface area contributed by atoms with Gasteiger partial charge in [0.05, 0.1) is 37.3 Å². The number of hydrogen-bond donors (Lipinski definition) is 4. The summed E-state index contributed by atoms with van der Waals surface area (Å²) in [6, 6.07) is 0. The van der Waals surface area contributed by atoms with Crippen LogP contribution in [0.4, 0.5) is 0 Å². The molecule has 6 nitrogen and oxygen atoms in total. The van der Waals surface area contributed by atoms with Gasteiger partial charge in [0, 0.05) is 12.8 Å². The first-order valence-corrected chi connectivity index (χ1v) is 9.43. The number of hydrogen-bond acceptors (Lipinski definition) is 6. The molecule has 0 aromatic carbocycles. The summed E-state index contributed by atoms with van der Waals surface area (Å²) in [5, 5.41) is 40.2. The van der Waals surface area contributed by atoms with Crippen molar-refractivity contribution in [2.75, 3.05) is 13.2 Å². The van der Waals surface area contributed by atoms with E-state index >= 15 is 0 Å². The topological polar surface area (TPSA) is 115 Å². The third-order valence-corrected chi connectivity index (χ3v) is 5.95. The Morgan fingerprint density at radius 1 is 1.19 bits per heavy atom. The van der Waals surface area contributed by atoms with E-state index in [-0.39, 0.29) is 30.5 Å². The third-order valence-electron chi connectivity index (χ3n) is 5.95. The molecular formula is C20H34O6. The van der Waals surface area contributed by atoms with Crippen LogP contribution in [-0.4, -0.2) is 57.4 Å². The quantitative estimate of drug-likeness (QED) is 0.383. The molecule has 0 aliphatic heterocycles. The van der Waals surface area contributed by atoms with Crippen molar-refractivity contribution in [2.45, 2.75) is 59.2 Å². The van der Waals surface area contributed by atoms with Crippen molar-refractivity contribution in [2.24, 2.45) is 29.1 Å². The van der Waals surface area contributed by atoms with Crippen LogP contribution in [0.1, 0.15) is 47.0 Å². The molecule has 0 unspecified atom stereocenters. The summed E-state index contributed by atoms with van der Waals surface area (Å²) in [5.74, 6) is -2.63. The van der Waals surface area contributed by atoms with Gasteiger partial charge in [-0.15, -0.1) is 0 Å². The minimum Gasteiger partial charge on any atom is -0.396 e. The fourth-order valence-electron chi connectivity index (χ4n) is 3.98. The Bertz CT molecular complexity index is 516. The number of aliphatic hydroxyl groups is 4. The van der Waals surface area contributed by atoms with Crippen molar-refractivity contribution < 1.29 is 30.0 Å². The van der Waals surface area contributed by atoms with Gasteiger partial charge in [-0.05, 0) is 30.6 Å². The lowest BCUT2D eigenvalue weighted by Crippen LogP contribution is -2.45. The number of rotatable bonds is 12. The fraction of sp³-hybridized carbons (Fsp3) is 0.800. The number of carbonyl (C=O) groups excluding carboxylic acids is 2. The van der Waals surface area contributed by atoms with E-state index in [1.165, 1.54) is 0 Å². The first-order chi connectivity index (χ1) is 12.2. The van der Waals surface area contributed by atoms with Crippen molar-refractivity contribution in [3.63, 3.8) is 0 Å². The normalized spacial score (nSPS) is 28.4. The maximum atomic E-state index is 12.8. The van der Waals surface area contributed by atoms with Crippen LogP contribution < -0.4 is 0 Å². The van der Waals surface area contributed by atoms with Crippen LogP contribution in [0.3, 0.4) is 0 Å². The molecule has 0 heterocycles. The molecule has 0 saturated heterocycles. The van der Waals surface area contributed by atoms with Crippen LogP contribution in [0.5, 0.6) is 0 Å². The van der Waals surface area contributed by atoms with Crippen LogP contribution in [0, 0.1) is 29.1 Å². The smallest absolute Gasteiger partial charge is 0.148 e. The minimum atomic E-state index is -1.31. The fourth-order valence-corrected chi connectivity index (χ4v) is 3.98. The van der Waals surface area contributed by atoms with Crippen LogP contribution in [-0.2, 0) is 9.59 Å². The maximum Gasteiger partial charge on any atom is 0.148 e. The molecule has 4 N–H and O–H groups in total. The molecular weight excluding hydrogens is 336 g/mol. The van der Waals surface area contributed by atoms with Gasteiger partial charge in [0.25, 0.3) is 0 Å². The van der Waals surface area contributed by atoms with Gasteiger partial charge >= 0.3 is 0 Å². The molecule has 0 aromatic heterocycles. The SMILES string of the molecule is C/C=C\[C@H](C)[C@H]1C[C@@]1(C)[C@@H](O)[C@@H](CO)C(=O)[C@@H](CO)[C@@H](O)CC(=O)CC. The number of Topliss-reactive ketones (excluding diaryl/α,β-unsaturated/α-hetero) is 2. The monoisotopic (exact) mass is 370 g/mol. The van der Waals surface area contributed by atoms with Gasteiger partial charge in [0.1, 0.15) is 11.6 Å². The van der Waals surface area contributed by atoms with E-state index in [0.29, 0.717) is 0 Å². The summed E-state index contributed by atoms with van der Waals surface area (Å²) in [6.45, 7) is 6.33. The zero-order chi connectivity index (χ0) is 20.1. The summed E-state index contributed by atoms with van der Waals surface area (Å²) in [5.41, 5.74) is -0.494. The van der Waals surface area contributed by atoms with E-state index in [0.717, 1.165) is 6.42 Å². The predicted octanol–water partition coefficient (Wildman–Crippen LogP) is 1.10. The lowest BCUT2D eigenvalue weighted by atomic mass is 9.78. The zero-order valence-electron chi connectivity index (χ0n) is 16.3. The van der Waals surface area contributed by atoms with Crippen LogP contribution in [0.15, 0.2) is 12.2 Å².